The molecule has 0 radical (unpaired) electrons. The highest BCUT2D eigenvalue weighted by molar-refractivity contribution is 8.13. The molecule has 4 heteroatoms. The van der Waals surface area contributed by atoms with Crippen molar-refractivity contribution in [2.75, 3.05) is 12.4 Å². The van der Waals surface area contributed by atoms with Gasteiger partial charge >= 0.3 is 0 Å². The summed E-state index contributed by atoms with van der Waals surface area (Å²) >= 11 is 1.15. The highest BCUT2D eigenvalue weighted by atomic mass is 32.2. The Balaban J connectivity index is 3.19. The Bertz CT molecular complexity index is 147. The molecule has 0 atom stereocenters. The minimum Gasteiger partial charge on any atom is -0.384 e. The zero-order chi connectivity index (χ0) is 7.11. The Morgan fingerprint density at radius 1 is 1.67 bits per heavy atom. The van der Waals surface area contributed by atoms with Gasteiger partial charge in [0.05, 0.1) is 5.75 Å². The molecular weight excluding hydrogens is 136 g/mol. The molecule has 4 N–H and O–H groups in total. The molecule has 0 unspecified atom stereocenters. The molecule has 0 rings (SSSR count). The highest BCUT2D eigenvalue weighted by Crippen LogP contribution is 1.93. The van der Waals surface area contributed by atoms with Crippen molar-refractivity contribution in [3.63, 3.8) is 0 Å². The molecule has 0 heterocycles. The van der Waals surface area contributed by atoms with Crippen LogP contribution in [0, 0.1) is 17.3 Å². The van der Waals surface area contributed by atoms with E-state index in [1.54, 1.807) is 0 Å². The fourth-order valence-corrected chi connectivity index (χ4v) is 0.551. The molecule has 0 saturated heterocycles. The van der Waals surface area contributed by atoms with Crippen LogP contribution in [0.4, 0.5) is 0 Å². The van der Waals surface area contributed by atoms with Crippen molar-refractivity contribution in [1.82, 2.24) is 0 Å². The SMILES string of the molecule is N=C(N)SCC#CCO. The van der Waals surface area contributed by atoms with Crippen LogP contribution in [0.2, 0.25) is 0 Å². The molecule has 0 amide bonds. The summed E-state index contributed by atoms with van der Waals surface area (Å²) < 4.78 is 0. The minimum atomic E-state index is -0.127. The molecule has 0 saturated carbocycles. The number of hydrogen-bond acceptors (Lipinski definition) is 3. The molecule has 9 heavy (non-hydrogen) atoms. The smallest absolute Gasteiger partial charge is 0.151 e. The molecule has 3 nitrogen and oxygen atoms in total. The van der Waals surface area contributed by atoms with Crippen LogP contribution in [0.1, 0.15) is 0 Å². The summed E-state index contributed by atoms with van der Waals surface area (Å²) in [5.41, 5.74) is 4.99. The first kappa shape index (κ1) is 8.34. The van der Waals surface area contributed by atoms with Gasteiger partial charge < -0.3 is 10.8 Å². The molecule has 50 valence electrons. The van der Waals surface area contributed by atoms with Gasteiger partial charge in [0.1, 0.15) is 6.61 Å². The Morgan fingerprint density at radius 2 is 2.33 bits per heavy atom. The lowest BCUT2D eigenvalue weighted by atomic mass is 10.6. The summed E-state index contributed by atoms with van der Waals surface area (Å²) in [5, 5.41) is 15.0. The molecule has 0 bridgehead atoms. The first-order valence-electron chi connectivity index (χ1n) is 2.30. The number of amidine groups is 1. The first-order chi connectivity index (χ1) is 4.27. The number of rotatable bonds is 1. The van der Waals surface area contributed by atoms with E-state index in [2.05, 4.69) is 11.8 Å². The maximum absolute atomic E-state index is 8.16. The van der Waals surface area contributed by atoms with Gasteiger partial charge in [-0.25, -0.2) is 0 Å². The maximum Gasteiger partial charge on any atom is 0.151 e. The maximum atomic E-state index is 8.16. The van der Waals surface area contributed by atoms with Crippen molar-refractivity contribution >= 4 is 16.9 Å². The molecule has 0 fully saturated rings. The van der Waals surface area contributed by atoms with Crippen molar-refractivity contribution in [2.45, 2.75) is 0 Å². The van der Waals surface area contributed by atoms with Crippen LogP contribution in [-0.2, 0) is 0 Å². The Kier molecular flexibility index (Phi) is 5.07. The zero-order valence-corrected chi connectivity index (χ0v) is 5.66. The van der Waals surface area contributed by atoms with Crippen LogP contribution >= 0.6 is 11.8 Å². The van der Waals surface area contributed by atoms with Gasteiger partial charge in [-0.2, -0.15) is 0 Å². The lowest BCUT2D eigenvalue weighted by molar-refractivity contribution is 0.350. The zero-order valence-electron chi connectivity index (χ0n) is 4.85. The Labute approximate surface area is 58.1 Å². The molecule has 0 spiro atoms. The van der Waals surface area contributed by atoms with E-state index in [-0.39, 0.29) is 11.8 Å². The van der Waals surface area contributed by atoms with Crippen LogP contribution in [0.3, 0.4) is 0 Å². The number of aliphatic hydroxyl groups excluding tert-OH is 1. The van der Waals surface area contributed by atoms with Gasteiger partial charge in [-0.05, 0) is 0 Å². The van der Waals surface area contributed by atoms with Gasteiger partial charge in [0.25, 0.3) is 0 Å². The van der Waals surface area contributed by atoms with Crippen LogP contribution in [-0.4, -0.2) is 22.6 Å². The third-order valence-electron chi connectivity index (χ3n) is 0.504. The van der Waals surface area contributed by atoms with Crippen LogP contribution < -0.4 is 5.73 Å². The summed E-state index contributed by atoms with van der Waals surface area (Å²) in [5.74, 6) is 5.53. The van der Waals surface area contributed by atoms with Gasteiger partial charge in [0, 0.05) is 0 Å². The average Bonchev–Trinajstić information content (AvgIpc) is 1.80. The molecular formula is C5H8N2OS. The second-order valence-corrected chi connectivity index (χ2v) is 2.18. The summed E-state index contributed by atoms with van der Waals surface area (Å²) in [7, 11) is 0. The molecule has 0 aromatic heterocycles. The van der Waals surface area contributed by atoms with Gasteiger partial charge in [-0.1, -0.05) is 23.6 Å². The monoisotopic (exact) mass is 144 g/mol. The second-order valence-electron chi connectivity index (χ2n) is 1.16. The van der Waals surface area contributed by atoms with E-state index in [4.69, 9.17) is 16.2 Å². The standard InChI is InChI=1S/C5H8N2OS/c6-5(7)9-4-2-1-3-8/h8H,3-4H2,(H3,6,7). The second kappa shape index (κ2) is 5.48. The predicted molar refractivity (Wildman–Crippen MR) is 39.2 cm³/mol. The van der Waals surface area contributed by atoms with Crippen LogP contribution in [0.15, 0.2) is 0 Å². The number of thioether (sulfide) groups is 1. The lowest BCUT2D eigenvalue weighted by Gasteiger charge is -1.86. The average molecular weight is 144 g/mol. The van der Waals surface area contributed by atoms with Crippen molar-refractivity contribution in [3.8, 4) is 11.8 Å². The summed E-state index contributed by atoms with van der Waals surface area (Å²) in [6, 6.07) is 0. The fraction of sp³-hybridized carbons (Fsp3) is 0.400. The molecule has 0 aliphatic rings. The summed E-state index contributed by atoms with van der Waals surface area (Å²) in [6.45, 7) is -0.127. The normalized spacial score (nSPS) is 7.67. The number of nitrogens with one attached hydrogen (secondary N) is 1. The van der Waals surface area contributed by atoms with E-state index in [0.29, 0.717) is 5.75 Å². The van der Waals surface area contributed by atoms with E-state index < -0.39 is 0 Å². The van der Waals surface area contributed by atoms with E-state index in [0.717, 1.165) is 11.8 Å². The van der Waals surface area contributed by atoms with E-state index >= 15 is 0 Å². The van der Waals surface area contributed by atoms with Crippen LogP contribution in [0.25, 0.3) is 0 Å². The van der Waals surface area contributed by atoms with Crippen molar-refractivity contribution in [3.05, 3.63) is 0 Å². The van der Waals surface area contributed by atoms with Gasteiger partial charge in [0.2, 0.25) is 0 Å². The highest BCUT2D eigenvalue weighted by Gasteiger charge is 1.83. The molecule has 0 aromatic carbocycles. The van der Waals surface area contributed by atoms with Crippen LogP contribution in [0.5, 0.6) is 0 Å². The Hall–Kier alpha value is -0.660. The molecule has 0 aromatic rings. The van der Waals surface area contributed by atoms with E-state index in [9.17, 15) is 0 Å². The van der Waals surface area contributed by atoms with Crippen molar-refractivity contribution in [1.29, 1.82) is 5.41 Å². The minimum absolute atomic E-state index is 0.0576. The third kappa shape index (κ3) is 7.34. The summed E-state index contributed by atoms with van der Waals surface area (Å²) in [4.78, 5) is 0. The van der Waals surface area contributed by atoms with Gasteiger partial charge in [-0.15, -0.1) is 0 Å². The summed E-state index contributed by atoms with van der Waals surface area (Å²) in [6.07, 6.45) is 0. The fourth-order valence-electron chi connectivity index (χ4n) is 0.221. The third-order valence-corrected chi connectivity index (χ3v) is 1.10. The van der Waals surface area contributed by atoms with E-state index in [1.807, 2.05) is 0 Å². The lowest BCUT2D eigenvalue weighted by Crippen LogP contribution is -2.03. The van der Waals surface area contributed by atoms with Gasteiger partial charge in [-0.3, -0.25) is 5.41 Å². The molecule has 0 aliphatic carbocycles. The van der Waals surface area contributed by atoms with E-state index in [1.165, 1.54) is 0 Å². The Morgan fingerprint density at radius 3 is 2.78 bits per heavy atom. The number of nitrogens with two attached hydrogens (primary N) is 1. The van der Waals surface area contributed by atoms with Gasteiger partial charge in [0.15, 0.2) is 5.17 Å². The quantitative estimate of drug-likeness (QED) is 0.266. The topological polar surface area (TPSA) is 70.1 Å². The number of aliphatic hydroxyl groups is 1. The molecule has 0 aliphatic heterocycles. The van der Waals surface area contributed by atoms with Crippen molar-refractivity contribution in [2.24, 2.45) is 5.73 Å². The van der Waals surface area contributed by atoms with Crippen molar-refractivity contribution < 1.29 is 5.11 Å². The number of hydrogen-bond donors (Lipinski definition) is 3. The largest absolute Gasteiger partial charge is 0.384 e. The first-order valence-corrected chi connectivity index (χ1v) is 3.29. The predicted octanol–water partition coefficient (Wildman–Crippen LogP) is -0.391.